The molecule has 3 N–H and O–H groups in total. The van der Waals surface area contributed by atoms with Gasteiger partial charge in [0.2, 0.25) is 0 Å². The van der Waals surface area contributed by atoms with Crippen molar-refractivity contribution in [3.63, 3.8) is 0 Å². The highest BCUT2D eigenvalue weighted by molar-refractivity contribution is 4.85. The van der Waals surface area contributed by atoms with Crippen molar-refractivity contribution >= 4 is 0 Å². The monoisotopic (exact) mass is 229 g/mol. The quantitative estimate of drug-likeness (QED) is 0.718. The molecule has 4 nitrogen and oxygen atoms in total. The lowest BCUT2D eigenvalue weighted by Gasteiger charge is -2.35. The van der Waals surface area contributed by atoms with Gasteiger partial charge in [-0.1, -0.05) is 6.92 Å². The number of nitrogens with two attached hydrogens (primary N) is 1. The van der Waals surface area contributed by atoms with Crippen molar-refractivity contribution in [2.24, 2.45) is 5.73 Å². The van der Waals surface area contributed by atoms with Gasteiger partial charge in [0.05, 0.1) is 5.60 Å². The summed E-state index contributed by atoms with van der Waals surface area (Å²) in [6, 6.07) is 0.547. The van der Waals surface area contributed by atoms with Gasteiger partial charge in [-0.3, -0.25) is 4.90 Å². The fourth-order valence-corrected chi connectivity index (χ4v) is 2.39. The van der Waals surface area contributed by atoms with Gasteiger partial charge in [0.15, 0.2) is 0 Å². The zero-order valence-corrected chi connectivity index (χ0v) is 10.9. The summed E-state index contributed by atoms with van der Waals surface area (Å²) in [5, 5.41) is 10.1. The minimum atomic E-state index is -0.754. The van der Waals surface area contributed by atoms with Crippen molar-refractivity contribution in [1.29, 1.82) is 0 Å². The number of likely N-dealkylation sites (N-methyl/N-ethyl adjacent to an activating group) is 1. The maximum absolute atomic E-state index is 10.1. The first-order valence-corrected chi connectivity index (χ1v) is 6.33. The van der Waals surface area contributed by atoms with Crippen LogP contribution in [0.25, 0.3) is 0 Å². The van der Waals surface area contributed by atoms with Crippen LogP contribution in [0.4, 0.5) is 0 Å². The molecule has 1 saturated heterocycles. The second kappa shape index (κ2) is 5.96. The summed E-state index contributed by atoms with van der Waals surface area (Å²) in [6.45, 7) is 8.38. The minimum Gasteiger partial charge on any atom is -0.388 e. The molecular weight excluding hydrogens is 202 g/mol. The van der Waals surface area contributed by atoms with Crippen LogP contribution < -0.4 is 5.73 Å². The van der Waals surface area contributed by atoms with E-state index < -0.39 is 5.60 Å². The molecule has 0 aromatic rings. The summed E-state index contributed by atoms with van der Waals surface area (Å²) in [4.78, 5) is 4.78. The van der Waals surface area contributed by atoms with Crippen molar-refractivity contribution in [1.82, 2.24) is 9.80 Å². The van der Waals surface area contributed by atoms with Crippen LogP contribution in [0.5, 0.6) is 0 Å². The maximum Gasteiger partial charge on any atom is 0.0867 e. The molecule has 2 atom stereocenters. The van der Waals surface area contributed by atoms with E-state index in [9.17, 15) is 5.11 Å². The Morgan fingerprint density at radius 2 is 2.12 bits per heavy atom. The molecule has 96 valence electrons. The van der Waals surface area contributed by atoms with Crippen molar-refractivity contribution in [2.75, 3.05) is 39.8 Å². The molecular formula is C12H27N3O. The van der Waals surface area contributed by atoms with Gasteiger partial charge in [0, 0.05) is 25.7 Å². The molecule has 0 aromatic carbocycles. The van der Waals surface area contributed by atoms with Crippen molar-refractivity contribution in [3.05, 3.63) is 0 Å². The van der Waals surface area contributed by atoms with Gasteiger partial charge in [-0.05, 0) is 39.9 Å². The molecule has 1 aliphatic rings. The van der Waals surface area contributed by atoms with Crippen LogP contribution in [-0.2, 0) is 0 Å². The Hall–Kier alpha value is -0.160. The second-order valence-electron chi connectivity index (χ2n) is 5.35. The van der Waals surface area contributed by atoms with Crippen LogP contribution in [0.1, 0.15) is 26.7 Å². The number of nitrogens with zero attached hydrogens (tertiary/aromatic N) is 2. The van der Waals surface area contributed by atoms with Gasteiger partial charge in [-0.15, -0.1) is 0 Å². The molecule has 1 rings (SSSR count). The Kier molecular flexibility index (Phi) is 5.18. The molecule has 1 heterocycles. The summed E-state index contributed by atoms with van der Waals surface area (Å²) in [5.41, 5.74) is 4.84. The average molecular weight is 229 g/mol. The molecule has 0 amide bonds. The Balaban J connectivity index is 2.61. The molecule has 0 aromatic heterocycles. The highest BCUT2D eigenvalue weighted by atomic mass is 16.3. The Labute approximate surface area is 99.4 Å². The first-order chi connectivity index (χ1) is 7.48. The summed E-state index contributed by atoms with van der Waals surface area (Å²) in [7, 11) is 2.17. The molecule has 0 bridgehead atoms. The van der Waals surface area contributed by atoms with Crippen LogP contribution in [-0.4, -0.2) is 66.3 Å². The summed E-state index contributed by atoms with van der Waals surface area (Å²) in [5.74, 6) is 0. The third-order valence-electron chi connectivity index (χ3n) is 3.48. The zero-order chi connectivity index (χ0) is 12.2. The summed E-state index contributed by atoms with van der Waals surface area (Å²) >= 11 is 0. The van der Waals surface area contributed by atoms with Gasteiger partial charge >= 0.3 is 0 Å². The second-order valence-corrected chi connectivity index (χ2v) is 5.35. The SMILES string of the molecule is CCC1CN(C)CCCN1CC(C)(O)CN. The molecule has 2 unspecified atom stereocenters. The van der Waals surface area contributed by atoms with Crippen molar-refractivity contribution in [3.8, 4) is 0 Å². The molecule has 16 heavy (non-hydrogen) atoms. The van der Waals surface area contributed by atoms with E-state index in [0.29, 0.717) is 19.1 Å². The van der Waals surface area contributed by atoms with Gasteiger partial charge in [0.1, 0.15) is 0 Å². The molecule has 0 aliphatic carbocycles. The molecule has 1 aliphatic heterocycles. The highest BCUT2D eigenvalue weighted by Gasteiger charge is 2.28. The van der Waals surface area contributed by atoms with Crippen LogP contribution in [0, 0.1) is 0 Å². The first kappa shape index (κ1) is 13.9. The zero-order valence-electron chi connectivity index (χ0n) is 10.9. The fourth-order valence-electron chi connectivity index (χ4n) is 2.39. The predicted molar refractivity (Wildman–Crippen MR) is 67.4 cm³/mol. The van der Waals surface area contributed by atoms with Crippen LogP contribution in [0.2, 0.25) is 0 Å². The van der Waals surface area contributed by atoms with E-state index in [1.165, 1.54) is 6.42 Å². The van der Waals surface area contributed by atoms with E-state index in [1.807, 2.05) is 6.92 Å². The van der Waals surface area contributed by atoms with Gasteiger partial charge in [0.25, 0.3) is 0 Å². The van der Waals surface area contributed by atoms with Gasteiger partial charge < -0.3 is 15.7 Å². The number of rotatable bonds is 4. The third kappa shape index (κ3) is 4.01. The number of hydrogen-bond donors (Lipinski definition) is 2. The van der Waals surface area contributed by atoms with E-state index in [4.69, 9.17) is 5.73 Å². The molecule has 1 fully saturated rings. The molecule has 0 radical (unpaired) electrons. The summed E-state index contributed by atoms with van der Waals surface area (Å²) in [6.07, 6.45) is 2.30. The Bertz CT molecular complexity index is 208. The van der Waals surface area contributed by atoms with Crippen LogP contribution in [0.15, 0.2) is 0 Å². The van der Waals surface area contributed by atoms with Crippen molar-refractivity contribution in [2.45, 2.75) is 38.3 Å². The molecule has 0 saturated carbocycles. The lowest BCUT2D eigenvalue weighted by molar-refractivity contribution is 0.0130. The minimum absolute atomic E-state index is 0.329. The van der Waals surface area contributed by atoms with E-state index in [-0.39, 0.29) is 0 Å². The normalized spacial score (nSPS) is 28.7. The first-order valence-electron chi connectivity index (χ1n) is 6.33. The van der Waals surface area contributed by atoms with E-state index in [1.54, 1.807) is 0 Å². The van der Waals surface area contributed by atoms with Crippen LogP contribution >= 0.6 is 0 Å². The largest absolute Gasteiger partial charge is 0.388 e. The number of hydrogen-bond acceptors (Lipinski definition) is 4. The van der Waals surface area contributed by atoms with Crippen molar-refractivity contribution < 1.29 is 5.11 Å². The van der Waals surface area contributed by atoms with E-state index in [2.05, 4.69) is 23.8 Å². The lowest BCUT2D eigenvalue weighted by Crippen LogP contribution is -2.50. The summed E-state index contributed by atoms with van der Waals surface area (Å²) < 4.78 is 0. The van der Waals surface area contributed by atoms with E-state index in [0.717, 1.165) is 26.1 Å². The third-order valence-corrected chi connectivity index (χ3v) is 3.48. The van der Waals surface area contributed by atoms with Gasteiger partial charge in [-0.25, -0.2) is 0 Å². The molecule has 0 spiro atoms. The van der Waals surface area contributed by atoms with E-state index >= 15 is 0 Å². The number of aliphatic hydroxyl groups is 1. The molecule has 4 heteroatoms. The Morgan fingerprint density at radius 1 is 1.44 bits per heavy atom. The van der Waals surface area contributed by atoms with Gasteiger partial charge in [-0.2, -0.15) is 0 Å². The average Bonchev–Trinajstić information content (AvgIpc) is 2.40. The van der Waals surface area contributed by atoms with Crippen LogP contribution in [0.3, 0.4) is 0 Å². The Morgan fingerprint density at radius 3 is 2.69 bits per heavy atom. The fraction of sp³-hybridized carbons (Fsp3) is 1.00. The number of β-amino-alcohol motifs (C(OH)–C–C–N with tert-alkyl or cyclic N) is 1. The topological polar surface area (TPSA) is 52.7 Å². The smallest absolute Gasteiger partial charge is 0.0867 e. The maximum atomic E-state index is 10.1. The standard InChI is InChI=1S/C12H27N3O/c1-4-11-8-14(3)6-5-7-15(11)10-12(2,16)9-13/h11,16H,4-10,13H2,1-3H3. The highest BCUT2D eigenvalue weighted by Crippen LogP contribution is 2.15. The predicted octanol–water partition coefficient (Wildman–Crippen LogP) is 0.112. The lowest BCUT2D eigenvalue weighted by atomic mass is 10.0.